The summed E-state index contributed by atoms with van der Waals surface area (Å²) in [6.45, 7) is 4.23. The molecule has 0 spiro atoms. The van der Waals surface area contributed by atoms with Gasteiger partial charge in [-0.3, -0.25) is 9.98 Å². The molecule has 1 aromatic heterocycles. The van der Waals surface area contributed by atoms with E-state index in [1.165, 1.54) is 0 Å². The summed E-state index contributed by atoms with van der Waals surface area (Å²) in [4.78, 5) is 9.51. The van der Waals surface area contributed by atoms with Crippen LogP contribution in [0, 0.1) is 5.82 Å². The van der Waals surface area contributed by atoms with Crippen LogP contribution in [-0.2, 0) is 0 Å². The number of halogens is 1. The average Bonchev–Trinajstić information content (AvgIpc) is 2.63. The van der Waals surface area contributed by atoms with Gasteiger partial charge in [0.2, 0.25) is 0 Å². The third-order valence-electron chi connectivity index (χ3n) is 5.06. The van der Waals surface area contributed by atoms with Crippen molar-refractivity contribution in [3.8, 4) is 0 Å². The Labute approximate surface area is 147 Å². The lowest BCUT2D eigenvalue weighted by Gasteiger charge is -2.30. The number of pyridine rings is 1. The standard InChI is InChI=1S/C22H21FN2/c1-3-7-17-14(2)25-22(18-9-6-10-19(23)21(17)18)16-12-15-8-4-5-11-20(15)24-13-16/h4-6,8-14,17H,3,7H2,1-2H3. The zero-order valence-corrected chi connectivity index (χ0v) is 14.5. The second-order valence-corrected chi connectivity index (χ2v) is 6.73. The van der Waals surface area contributed by atoms with E-state index in [0.29, 0.717) is 0 Å². The third kappa shape index (κ3) is 2.74. The number of aromatic nitrogens is 1. The highest BCUT2D eigenvalue weighted by molar-refractivity contribution is 6.15. The van der Waals surface area contributed by atoms with Crippen molar-refractivity contribution >= 4 is 16.6 Å². The summed E-state index contributed by atoms with van der Waals surface area (Å²) < 4.78 is 14.7. The minimum absolute atomic E-state index is 0.0609. The van der Waals surface area contributed by atoms with Gasteiger partial charge in [-0.1, -0.05) is 43.7 Å². The van der Waals surface area contributed by atoms with Crippen LogP contribution in [0.25, 0.3) is 10.9 Å². The first-order valence-corrected chi connectivity index (χ1v) is 8.90. The van der Waals surface area contributed by atoms with Crippen LogP contribution in [0.1, 0.15) is 49.3 Å². The van der Waals surface area contributed by atoms with Gasteiger partial charge in [0.05, 0.1) is 17.3 Å². The van der Waals surface area contributed by atoms with Crippen molar-refractivity contribution in [2.45, 2.75) is 38.6 Å². The van der Waals surface area contributed by atoms with Crippen molar-refractivity contribution in [3.05, 3.63) is 77.2 Å². The van der Waals surface area contributed by atoms with Gasteiger partial charge < -0.3 is 0 Å². The molecular formula is C22H21FN2. The summed E-state index contributed by atoms with van der Waals surface area (Å²) >= 11 is 0. The molecule has 0 saturated heterocycles. The average molecular weight is 332 g/mol. The maximum atomic E-state index is 14.7. The van der Waals surface area contributed by atoms with Crippen LogP contribution < -0.4 is 0 Å². The highest BCUT2D eigenvalue weighted by atomic mass is 19.1. The number of fused-ring (bicyclic) bond motifs is 2. The quantitative estimate of drug-likeness (QED) is 0.622. The molecule has 2 nitrogen and oxygen atoms in total. The van der Waals surface area contributed by atoms with Crippen LogP contribution in [0.15, 0.2) is 59.7 Å². The minimum Gasteiger partial charge on any atom is -0.280 e. The normalized spacial score (nSPS) is 19.6. The highest BCUT2D eigenvalue weighted by Crippen LogP contribution is 2.37. The van der Waals surface area contributed by atoms with Gasteiger partial charge in [-0.05, 0) is 31.5 Å². The van der Waals surface area contributed by atoms with Crippen LogP contribution in [-0.4, -0.2) is 16.7 Å². The van der Waals surface area contributed by atoms with E-state index in [4.69, 9.17) is 4.99 Å². The van der Waals surface area contributed by atoms with E-state index in [9.17, 15) is 4.39 Å². The molecule has 2 aromatic carbocycles. The van der Waals surface area contributed by atoms with Crippen molar-refractivity contribution in [3.63, 3.8) is 0 Å². The van der Waals surface area contributed by atoms with Crippen LogP contribution >= 0.6 is 0 Å². The first-order chi connectivity index (χ1) is 12.2. The van der Waals surface area contributed by atoms with Crippen LogP contribution in [0.5, 0.6) is 0 Å². The molecule has 1 aliphatic rings. The van der Waals surface area contributed by atoms with Crippen molar-refractivity contribution < 1.29 is 4.39 Å². The molecule has 0 fully saturated rings. The van der Waals surface area contributed by atoms with Gasteiger partial charge in [0.15, 0.2) is 0 Å². The molecule has 0 amide bonds. The molecule has 3 aromatic rings. The van der Waals surface area contributed by atoms with E-state index in [2.05, 4.69) is 24.9 Å². The monoisotopic (exact) mass is 332 g/mol. The fraction of sp³-hybridized carbons (Fsp3) is 0.273. The SMILES string of the molecule is CCCC1c2c(F)cccc2C(c2cnc3ccccc3c2)=NC1C. The summed E-state index contributed by atoms with van der Waals surface area (Å²) in [5, 5.41) is 1.07. The second kappa shape index (κ2) is 6.40. The highest BCUT2D eigenvalue weighted by Gasteiger charge is 2.30. The van der Waals surface area contributed by atoms with E-state index in [1.807, 2.05) is 36.5 Å². The van der Waals surface area contributed by atoms with Crippen molar-refractivity contribution in [2.24, 2.45) is 4.99 Å². The summed E-state index contributed by atoms with van der Waals surface area (Å²) in [6.07, 6.45) is 3.82. The smallest absolute Gasteiger partial charge is 0.127 e. The predicted octanol–water partition coefficient (Wildman–Crippen LogP) is 5.50. The number of benzene rings is 2. The van der Waals surface area contributed by atoms with E-state index in [-0.39, 0.29) is 17.8 Å². The molecule has 0 bridgehead atoms. The Hall–Kier alpha value is -2.55. The maximum absolute atomic E-state index is 14.7. The summed E-state index contributed by atoms with van der Waals surface area (Å²) in [7, 11) is 0. The molecular weight excluding hydrogens is 311 g/mol. The fourth-order valence-electron chi connectivity index (χ4n) is 3.85. The Bertz CT molecular complexity index is 961. The van der Waals surface area contributed by atoms with Crippen molar-refractivity contribution in [1.82, 2.24) is 4.98 Å². The van der Waals surface area contributed by atoms with Gasteiger partial charge in [-0.2, -0.15) is 0 Å². The van der Waals surface area contributed by atoms with Crippen LogP contribution in [0.3, 0.4) is 0 Å². The van der Waals surface area contributed by atoms with Crippen molar-refractivity contribution in [1.29, 1.82) is 0 Å². The molecule has 126 valence electrons. The molecule has 3 heteroatoms. The van der Waals surface area contributed by atoms with Crippen molar-refractivity contribution in [2.75, 3.05) is 0 Å². The van der Waals surface area contributed by atoms with Gasteiger partial charge in [0, 0.05) is 34.2 Å². The Morgan fingerprint density at radius 3 is 2.76 bits per heavy atom. The third-order valence-corrected chi connectivity index (χ3v) is 5.06. The fourth-order valence-corrected chi connectivity index (χ4v) is 3.85. The van der Waals surface area contributed by atoms with Gasteiger partial charge in [-0.25, -0.2) is 4.39 Å². The first-order valence-electron chi connectivity index (χ1n) is 8.90. The Morgan fingerprint density at radius 2 is 1.92 bits per heavy atom. The minimum atomic E-state index is -0.121. The van der Waals surface area contributed by atoms with E-state index in [1.54, 1.807) is 12.1 Å². The molecule has 2 unspecified atom stereocenters. The molecule has 0 saturated carbocycles. The topological polar surface area (TPSA) is 25.2 Å². The molecule has 4 rings (SSSR count). The second-order valence-electron chi connectivity index (χ2n) is 6.73. The van der Waals surface area contributed by atoms with Gasteiger partial charge in [0.25, 0.3) is 0 Å². The number of aliphatic imine (C=N–C) groups is 1. The molecule has 25 heavy (non-hydrogen) atoms. The lowest BCUT2D eigenvalue weighted by atomic mass is 9.80. The van der Waals surface area contributed by atoms with E-state index in [0.717, 1.165) is 46.1 Å². The number of hydrogen-bond donors (Lipinski definition) is 0. The van der Waals surface area contributed by atoms with E-state index >= 15 is 0 Å². The summed E-state index contributed by atoms with van der Waals surface area (Å²) in [5.41, 5.74) is 4.49. The number of para-hydroxylation sites is 1. The Morgan fingerprint density at radius 1 is 1.08 bits per heavy atom. The Balaban J connectivity index is 1.89. The summed E-state index contributed by atoms with van der Waals surface area (Å²) in [6, 6.07) is 15.5. The van der Waals surface area contributed by atoms with E-state index < -0.39 is 0 Å². The summed E-state index contributed by atoms with van der Waals surface area (Å²) in [5.74, 6) is 0.0160. The molecule has 0 N–H and O–H groups in total. The molecule has 2 heterocycles. The molecule has 2 atom stereocenters. The van der Waals surface area contributed by atoms with Gasteiger partial charge in [0.1, 0.15) is 5.82 Å². The molecule has 1 aliphatic heterocycles. The maximum Gasteiger partial charge on any atom is 0.127 e. The predicted molar refractivity (Wildman–Crippen MR) is 101 cm³/mol. The zero-order valence-electron chi connectivity index (χ0n) is 14.5. The lowest BCUT2D eigenvalue weighted by Crippen LogP contribution is -2.26. The largest absolute Gasteiger partial charge is 0.280 e. The number of nitrogens with zero attached hydrogens (tertiary/aromatic N) is 2. The lowest BCUT2D eigenvalue weighted by molar-refractivity contribution is 0.487. The van der Waals surface area contributed by atoms with Crippen LogP contribution in [0.4, 0.5) is 4.39 Å². The number of rotatable bonds is 3. The number of hydrogen-bond acceptors (Lipinski definition) is 2. The van der Waals surface area contributed by atoms with Crippen LogP contribution in [0.2, 0.25) is 0 Å². The van der Waals surface area contributed by atoms with Gasteiger partial charge in [-0.15, -0.1) is 0 Å². The Kier molecular flexibility index (Phi) is 4.08. The zero-order chi connectivity index (χ0) is 17.4. The first kappa shape index (κ1) is 15.9. The molecule has 0 radical (unpaired) electrons. The molecule has 0 aliphatic carbocycles. The van der Waals surface area contributed by atoms with Gasteiger partial charge >= 0.3 is 0 Å².